The Morgan fingerprint density at radius 2 is 2.04 bits per heavy atom. The van der Waals surface area contributed by atoms with E-state index in [0.717, 1.165) is 11.3 Å². The Morgan fingerprint density at radius 3 is 2.82 bits per heavy atom. The number of carbonyl (C=O) groups excluding carboxylic acids is 1. The lowest BCUT2D eigenvalue weighted by Gasteiger charge is -2.24. The molecule has 0 amide bonds. The maximum Gasteiger partial charge on any atom is 0.313 e. The molecule has 2 aromatic carbocycles. The lowest BCUT2D eigenvalue weighted by Crippen LogP contribution is -2.30. The van der Waals surface area contributed by atoms with Crippen LogP contribution in [0.3, 0.4) is 0 Å². The van der Waals surface area contributed by atoms with Gasteiger partial charge in [0.2, 0.25) is 5.89 Å². The Bertz CT molecular complexity index is 1010. The minimum absolute atomic E-state index is 0.160. The Kier molecular flexibility index (Phi) is 5.00. The largest absolute Gasteiger partial charge is 0.492 e. The normalized spacial score (nSPS) is 16.8. The second-order valence-electron chi connectivity index (χ2n) is 6.50. The molecule has 1 aliphatic rings. The highest BCUT2D eigenvalue weighted by Crippen LogP contribution is 2.31. The number of aromatic nitrogens is 2. The first-order chi connectivity index (χ1) is 13.5. The fourth-order valence-electron chi connectivity index (χ4n) is 2.94. The molecule has 0 bridgehead atoms. The zero-order valence-electron chi connectivity index (χ0n) is 14.9. The molecule has 0 aliphatic carbocycles. The van der Waals surface area contributed by atoms with E-state index in [9.17, 15) is 9.18 Å². The molecule has 2 atom stereocenters. The van der Waals surface area contributed by atoms with E-state index in [1.165, 1.54) is 24.3 Å². The van der Waals surface area contributed by atoms with Crippen LogP contribution in [0.5, 0.6) is 5.75 Å². The maximum atomic E-state index is 13.0. The number of rotatable bonds is 4. The summed E-state index contributed by atoms with van der Waals surface area (Å²) in [4.78, 5) is 12.5. The third kappa shape index (κ3) is 3.84. The Balaban J connectivity index is 1.42. The van der Waals surface area contributed by atoms with E-state index in [2.05, 4.69) is 10.2 Å². The topological polar surface area (TPSA) is 74.5 Å². The van der Waals surface area contributed by atoms with Gasteiger partial charge in [-0.15, -0.1) is 10.2 Å². The van der Waals surface area contributed by atoms with Crippen LogP contribution in [0, 0.1) is 11.7 Å². The van der Waals surface area contributed by atoms with Gasteiger partial charge in [-0.1, -0.05) is 11.6 Å². The third-order valence-corrected chi connectivity index (χ3v) is 4.67. The van der Waals surface area contributed by atoms with Crippen molar-refractivity contribution in [2.24, 2.45) is 5.92 Å². The molecule has 3 aromatic rings. The van der Waals surface area contributed by atoms with Crippen molar-refractivity contribution in [3.63, 3.8) is 0 Å². The van der Waals surface area contributed by atoms with E-state index < -0.39 is 18.0 Å². The van der Waals surface area contributed by atoms with Gasteiger partial charge in [0.15, 0.2) is 6.10 Å². The number of nitrogens with zero attached hydrogens (tertiary/aromatic N) is 2. The number of carbonyl (C=O) groups is 1. The second-order valence-corrected chi connectivity index (χ2v) is 6.93. The van der Waals surface area contributed by atoms with Crippen LogP contribution in [0.25, 0.3) is 11.5 Å². The zero-order valence-corrected chi connectivity index (χ0v) is 15.6. The van der Waals surface area contributed by atoms with Crippen LogP contribution in [0.1, 0.15) is 24.5 Å². The smallest absolute Gasteiger partial charge is 0.313 e. The Hall–Kier alpha value is -2.93. The summed E-state index contributed by atoms with van der Waals surface area (Å²) in [7, 11) is 0. The van der Waals surface area contributed by atoms with E-state index in [-0.39, 0.29) is 24.2 Å². The van der Waals surface area contributed by atoms with Crippen LogP contribution in [0.4, 0.5) is 4.39 Å². The predicted molar refractivity (Wildman–Crippen MR) is 98.3 cm³/mol. The summed E-state index contributed by atoms with van der Waals surface area (Å²) in [6, 6.07) is 11.0. The van der Waals surface area contributed by atoms with Crippen molar-refractivity contribution in [1.29, 1.82) is 0 Å². The maximum absolute atomic E-state index is 13.0. The number of ether oxygens (including phenoxy) is 2. The van der Waals surface area contributed by atoms with Gasteiger partial charge in [0.05, 0.1) is 5.92 Å². The highest BCUT2D eigenvalue weighted by atomic mass is 35.5. The monoisotopic (exact) mass is 402 g/mol. The molecule has 0 saturated heterocycles. The van der Waals surface area contributed by atoms with Crippen LogP contribution in [0.2, 0.25) is 5.02 Å². The molecule has 0 N–H and O–H groups in total. The average molecular weight is 403 g/mol. The molecule has 1 aromatic heterocycles. The van der Waals surface area contributed by atoms with Crippen molar-refractivity contribution in [1.82, 2.24) is 10.2 Å². The molecule has 1 aliphatic heterocycles. The van der Waals surface area contributed by atoms with Crippen molar-refractivity contribution in [2.45, 2.75) is 19.4 Å². The van der Waals surface area contributed by atoms with Crippen LogP contribution in [-0.4, -0.2) is 22.8 Å². The fourth-order valence-corrected chi connectivity index (χ4v) is 3.14. The lowest BCUT2D eigenvalue weighted by molar-refractivity contribution is -0.156. The van der Waals surface area contributed by atoms with Crippen molar-refractivity contribution in [3.05, 3.63) is 64.8 Å². The lowest BCUT2D eigenvalue weighted by atomic mass is 9.97. The molecule has 6 nitrogen and oxygen atoms in total. The van der Waals surface area contributed by atoms with Gasteiger partial charge in [0.25, 0.3) is 5.89 Å². The Morgan fingerprint density at radius 1 is 1.25 bits per heavy atom. The minimum Gasteiger partial charge on any atom is -0.492 e. The minimum atomic E-state index is -0.727. The van der Waals surface area contributed by atoms with Gasteiger partial charge in [-0.2, -0.15) is 0 Å². The van der Waals surface area contributed by atoms with Crippen molar-refractivity contribution < 1.29 is 23.1 Å². The predicted octanol–water partition coefficient (Wildman–Crippen LogP) is 4.38. The first-order valence-electron chi connectivity index (χ1n) is 8.70. The number of hydrogen-bond donors (Lipinski definition) is 0. The number of halogens is 2. The molecule has 0 fully saturated rings. The van der Waals surface area contributed by atoms with Crippen molar-refractivity contribution in [2.75, 3.05) is 6.61 Å². The van der Waals surface area contributed by atoms with Gasteiger partial charge >= 0.3 is 5.97 Å². The van der Waals surface area contributed by atoms with E-state index in [4.69, 9.17) is 25.5 Å². The molecule has 0 unspecified atom stereocenters. The van der Waals surface area contributed by atoms with E-state index in [0.29, 0.717) is 17.0 Å². The molecule has 0 spiro atoms. The summed E-state index contributed by atoms with van der Waals surface area (Å²) in [6.45, 7) is 1.87. The van der Waals surface area contributed by atoms with E-state index in [1.807, 2.05) is 0 Å². The quantitative estimate of drug-likeness (QED) is 0.603. The summed E-state index contributed by atoms with van der Waals surface area (Å²) in [6.07, 6.45) is -0.249. The third-order valence-electron chi connectivity index (χ3n) is 4.43. The van der Waals surface area contributed by atoms with Gasteiger partial charge in [-0.3, -0.25) is 4.79 Å². The second kappa shape index (κ2) is 7.59. The van der Waals surface area contributed by atoms with Gasteiger partial charge in [0.1, 0.15) is 18.2 Å². The number of esters is 1. The summed E-state index contributed by atoms with van der Waals surface area (Å²) in [5.74, 6) is -0.117. The molecule has 2 heterocycles. The summed E-state index contributed by atoms with van der Waals surface area (Å²) < 4.78 is 29.7. The molecular formula is C20H16ClFN2O4. The fraction of sp³-hybridized carbons (Fsp3) is 0.250. The zero-order chi connectivity index (χ0) is 19.7. The number of hydrogen-bond acceptors (Lipinski definition) is 6. The SMILES string of the molecule is C[C@H](OC(=O)[C@H]1COc2ccc(Cl)cc2C1)c1nnc(-c2ccc(F)cc2)o1. The highest BCUT2D eigenvalue weighted by molar-refractivity contribution is 6.30. The first kappa shape index (κ1) is 18.4. The molecular weight excluding hydrogens is 387 g/mol. The molecule has 144 valence electrons. The summed E-state index contributed by atoms with van der Waals surface area (Å²) >= 11 is 6.01. The Labute approximate surface area is 165 Å². The standard InChI is InChI=1S/C20H16ClFN2O4/c1-11(18-23-24-19(28-18)12-2-5-16(22)6-3-12)27-20(25)14-8-13-9-15(21)4-7-17(13)26-10-14/h2-7,9,11,14H,8,10H2,1H3/t11-,14+/m0/s1. The van der Waals surface area contributed by atoms with Crippen LogP contribution in [0.15, 0.2) is 46.9 Å². The summed E-state index contributed by atoms with van der Waals surface area (Å²) in [5.41, 5.74) is 1.44. The first-order valence-corrected chi connectivity index (χ1v) is 9.08. The van der Waals surface area contributed by atoms with E-state index in [1.54, 1.807) is 25.1 Å². The molecule has 4 rings (SSSR count). The van der Waals surface area contributed by atoms with Gasteiger partial charge in [0, 0.05) is 10.6 Å². The molecule has 0 saturated carbocycles. The molecule has 28 heavy (non-hydrogen) atoms. The van der Waals surface area contributed by atoms with Crippen molar-refractivity contribution in [3.8, 4) is 17.2 Å². The van der Waals surface area contributed by atoms with Gasteiger partial charge < -0.3 is 13.9 Å². The van der Waals surface area contributed by atoms with Gasteiger partial charge in [-0.25, -0.2) is 4.39 Å². The van der Waals surface area contributed by atoms with Crippen molar-refractivity contribution >= 4 is 17.6 Å². The average Bonchev–Trinajstić information content (AvgIpc) is 3.18. The van der Waals surface area contributed by atoms with Crippen LogP contribution >= 0.6 is 11.6 Å². The number of fused-ring (bicyclic) bond motifs is 1. The van der Waals surface area contributed by atoms with Crippen LogP contribution in [-0.2, 0) is 16.0 Å². The molecule has 0 radical (unpaired) electrons. The van der Waals surface area contributed by atoms with Crippen LogP contribution < -0.4 is 4.74 Å². The highest BCUT2D eigenvalue weighted by Gasteiger charge is 2.30. The number of benzene rings is 2. The van der Waals surface area contributed by atoms with Gasteiger partial charge in [-0.05, 0) is 61.4 Å². The molecule has 8 heteroatoms. The summed E-state index contributed by atoms with van der Waals surface area (Å²) in [5, 5.41) is 8.44. The van der Waals surface area contributed by atoms with E-state index >= 15 is 0 Å².